The number of hydrogen-bond donors (Lipinski definition) is 0. The second-order valence-corrected chi connectivity index (χ2v) is 13.4. The van der Waals surface area contributed by atoms with Gasteiger partial charge in [-0.3, -0.25) is 4.79 Å². The Kier molecular flexibility index (Phi) is 36.1. The van der Waals surface area contributed by atoms with Crippen LogP contribution in [0.1, 0.15) is 181 Å². The third-order valence-electron chi connectivity index (χ3n) is 8.44. The first kappa shape index (κ1) is 44.1. The summed E-state index contributed by atoms with van der Waals surface area (Å²) in [4.78, 5) is 14.7. The van der Waals surface area contributed by atoms with Gasteiger partial charge in [0.2, 0.25) is 0 Å². The van der Waals surface area contributed by atoms with Gasteiger partial charge < -0.3 is 9.64 Å². The van der Waals surface area contributed by atoms with Crippen molar-refractivity contribution in [2.45, 2.75) is 187 Å². The van der Waals surface area contributed by atoms with Gasteiger partial charge in [-0.1, -0.05) is 139 Å². The fourth-order valence-corrected chi connectivity index (χ4v) is 5.57. The van der Waals surface area contributed by atoms with Gasteiger partial charge in [-0.05, 0) is 117 Å². The number of rotatable bonds is 34. The molecule has 0 amide bonds. The molecule has 0 saturated carbocycles. The van der Waals surface area contributed by atoms with Gasteiger partial charge in [-0.25, -0.2) is 0 Å². The first-order valence-corrected chi connectivity index (χ1v) is 19.7. The second-order valence-electron chi connectivity index (χ2n) is 13.4. The number of unbranched alkanes of at least 4 members (excludes halogenated alkanes) is 15. The molecule has 0 spiro atoms. The van der Waals surface area contributed by atoms with Crippen LogP contribution >= 0.6 is 0 Å². The van der Waals surface area contributed by atoms with Crippen molar-refractivity contribution < 1.29 is 9.53 Å². The predicted octanol–water partition coefficient (Wildman–Crippen LogP) is 13.4. The summed E-state index contributed by atoms with van der Waals surface area (Å²) >= 11 is 0. The highest BCUT2D eigenvalue weighted by atomic mass is 16.5. The highest BCUT2D eigenvalue weighted by Crippen LogP contribution is 2.18. The third kappa shape index (κ3) is 36.6. The van der Waals surface area contributed by atoms with Crippen molar-refractivity contribution in [3.63, 3.8) is 0 Å². The van der Waals surface area contributed by atoms with Crippen molar-refractivity contribution in [2.75, 3.05) is 20.6 Å². The van der Waals surface area contributed by atoms with E-state index in [-0.39, 0.29) is 12.1 Å². The van der Waals surface area contributed by atoms with Gasteiger partial charge in [0.1, 0.15) is 6.10 Å². The monoisotopic (exact) mass is 640 g/mol. The molecule has 46 heavy (non-hydrogen) atoms. The second kappa shape index (κ2) is 37.6. The Bertz CT molecular complexity index is 776. The van der Waals surface area contributed by atoms with E-state index in [1.807, 2.05) is 0 Å². The molecule has 266 valence electrons. The van der Waals surface area contributed by atoms with Gasteiger partial charge in [-0.2, -0.15) is 0 Å². The molecule has 0 N–H and O–H groups in total. The summed E-state index contributed by atoms with van der Waals surface area (Å²) in [6, 6.07) is 0. The summed E-state index contributed by atoms with van der Waals surface area (Å²) in [6.07, 6.45) is 53.9. The Balaban J connectivity index is 4.03. The average molecular weight is 640 g/mol. The van der Waals surface area contributed by atoms with E-state index in [0.717, 1.165) is 51.5 Å². The number of esters is 1. The summed E-state index contributed by atoms with van der Waals surface area (Å²) in [5.74, 6) is 0.00349. The normalized spacial score (nSPS) is 13.2. The molecule has 0 aliphatic heterocycles. The maximum Gasteiger partial charge on any atom is 0.306 e. The van der Waals surface area contributed by atoms with Crippen LogP contribution in [0.3, 0.4) is 0 Å². The zero-order valence-electron chi connectivity index (χ0n) is 31.2. The lowest BCUT2D eigenvalue weighted by Gasteiger charge is -2.18. The van der Waals surface area contributed by atoms with Gasteiger partial charge in [-0.15, -0.1) is 0 Å². The van der Waals surface area contributed by atoms with Gasteiger partial charge >= 0.3 is 5.97 Å². The summed E-state index contributed by atoms with van der Waals surface area (Å²) in [6.45, 7) is 5.37. The Morgan fingerprint density at radius 2 is 0.935 bits per heavy atom. The van der Waals surface area contributed by atoms with Crippen molar-refractivity contribution in [2.24, 2.45) is 0 Å². The molecule has 0 bridgehead atoms. The van der Waals surface area contributed by atoms with E-state index in [1.54, 1.807) is 0 Å². The third-order valence-corrected chi connectivity index (χ3v) is 8.44. The lowest BCUT2D eigenvalue weighted by atomic mass is 10.0. The molecule has 0 aromatic heterocycles. The van der Waals surface area contributed by atoms with Crippen molar-refractivity contribution >= 4 is 5.97 Å². The van der Waals surface area contributed by atoms with Gasteiger partial charge in [0, 0.05) is 6.42 Å². The minimum atomic E-state index is 0.00349. The van der Waals surface area contributed by atoms with Crippen LogP contribution in [0, 0.1) is 0 Å². The number of carbonyl (C=O) groups excluding carboxylic acids is 1. The van der Waals surface area contributed by atoms with Crippen LogP contribution in [0.5, 0.6) is 0 Å². The standard InChI is InChI=1S/C43H77NO2/c1-5-7-9-11-13-15-17-19-21-23-25-27-29-31-33-35-38-42(46-43(45)40-37-41-44(3)4)39-36-34-32-30-28-26-24-22-20-18-16-14-12-10-8-6-2/h7,9,13-16,19-22,42H,5-6,8,10-12,17-18,23-41H2,1-4H3. The molecule has 0 rings (SSSR count). The van der Waals surface area contributed by atoms with E-state index in [2.05, 4.69) is 93.6 Å². The number of allylic oxidation sites excluding steroid dienone is 10. The Morgan fingerprint density at radius 1 is 0.522 bits per heavy atom. The lowest BCUT2D eigenvalue weighted by molar-refractivity contribution is -0.150. The maximum absolute atomic E-state index is 12.5. The van der Waals surface area contributed by atoms with Crippen LogP contribution in [0.15, 0.2) is 60.8 Å². The fourth-order valence-electron chi connectivity index (χ4n) is 5.57. The van der Waals surface area contributed by atoms with Gasteiger partial charge in [0.15, 0.2) is 0 Å². The molecule has 0 aromatic carbocycles. The van der Waals surface area contributed by atoms with E-state index < -0.39 is 0 Å². The Hall–Kier alpha value is -1.87. The number of carbonyl (C=O) groups is 1. The minimum absolute atomic E-state index is 0.00349. The van der Waals surface area contributed by atoms with E-state index in [1.165, 1.54) is 116 Å². The zero-order valence-corrected chi connectivity index (χ0v) is 31.2. The maximum atomic E-state index is 12.5. The first-order chi connectivity index (χ1) is 22.6. The zero-order chi connectivity index (χ0) is 33.6. The molecule has 0 aliphatic rings. The van der Waals surface area contributed by atoms with Crippen molar-refractivity contribution in [1.82, 2.24) is 4.90 Å². The molecule has 0 heterocycles. The minimum Gasteiger partial charge on any atom is -0.462 e. The smallest absolute Gasteiger partial charge is 0.306 e. The molecule has 1 atom stereocenters. The number of ether oxygens (including phenoxy) is 1. The summed E-state index contributed by atoms with van der Waals surface area (Å²) in [5.41, 5.74) is 0. The highest BCUT2D eigenvalue weighted by molar-refractivity contribution is 5.69. The van der Waals surface area contributed by atoms with E-state index >= 15 is 0 Å². The Labute approximate surface area is 288 Å². The van der Waals surface area contributed by atoms with Crippen molar-refractivity contribution in [1.29, 1.82) is 0 Å². The molecule has 3 heteroatoms. The van der Waals surface area contributed by atoms with Crippen LogP contribution in [-0.4, -0.2) is 37.6 Å². The Morgan fingerprint density at radius 3 is 1.39 bits per heavy atom. The largest absolute Gasteiger partial charge is 0.462 e. The lowest BCUT2D eigenvalue weighted by Crippen LogP contribution is -2.20. The molecule has 0 fully saturated rings. The van der Waals surface area contributed by atoms with Crippen LogP contribution in [-0.2, 0) is 9.53 Å². The molecule has 0 aromatic rings. The summed E-state index contributed by atoms with van der Waals surface area (Å²) in [7, 11) is 4.12. The van der Waals surface area contributed by atoms with Crippen molar-refractivity contribution in [3.8, 4) is 0 Å². The molecule has 0 aliphatic carbocycles. The van der Waals surface area contributed by atoms with Crippen molar-refractivity contribution in [3.05, 3.63) is 60.8 Å². The quantitative estimate of drug-likeness (QED) is 0.0398. The molecular weight excluding hydrogens is 562 g/mol. The molecule has 0 saturated heterocycles. The summed E-state index contributed by atoms with van der Waals surface area (Å²) < 4.78 is 6.00. The molecule has 3 nitrogen and oxygen atoms in total. The van der Waals surface area contributed by atoms with E-state index in [0.29, 0.717) is 6.42 Å². The molecule has 1 unspecified atom stereocenters. The van der Waals surface area contributed by atoms with Gasteiger partial charge in [0.05, 0.1) is 0 Å². The average Bonchev–Trinajstić information content (AvgIpc) is 3.04. The van der Waals surface area contributed by atoms with Gasteiger partial charge in [0.25, 0.3) is 0 Å². The summed E-state index contributed by atoms with van der Waals surface area (Å²) in [5, 5.41) is 0. The van der Waals surface area contributed by atoms with Crippen LogP contribution in [0.4, 0.5) is 0 Å². The fraction of sp³-hybridized carbons (Fsp3) is 0.744. The van der Waals surface area contributed by atoms with Crippen LogP contribution in [0.2, 0.25) is 0 Å². The topological polar surface area (TPSA) is 29.5 Å². The predicted molar refractivity (Wildman–Crippen MR) is 206 cm³/mol. The molecular formula is C43H77NO2. The SMILES string of the molecule is CCC=CCC=CCC=CCCCCCCCCC(CCCCCCCCC=CCC=CCCCCC)OC(=O)CCCN(C)C. The van der Waals surface area contributed by atoms with Crippen LogP contribution in [0.25, 0.3) is 0 Å². The molecule has 0 radical (unpaired) electrons. The number of nitrogens with zero attached hydrogens (tertiary/aromatic N) is 1. The van der Waals surface area contributed by atoms with Crippen LogP contribution < -0.4 is 0 Å². The first-order valence-electron chi connectivity index (χ1n) is 19.7. The highest BCUT2D eigenvalue weighted by Gasteiger charge is 2.14. The van der Waals surface area contributed by atoms with E-state index in [9.17, 15) is 4.79 Å². The number of hydrogen-bond acceptors (Lipinski definition) is 3. The van der Waals surface area contributed by atoms with E-state index in [4.69, 9.17) is 4.74 Å².